The molecule has 0 radical (unpaired) electrons. The van der Waals surface area contributed by atoms with Crippen LogP contribution >= 0.6 is 0 Å². The van der Waals surface area contributed by atoms with Gasteiger partial charge >= 0.3 is 5.69 Å². The number of nitrogens with zero attached hydrogens (tertiary/aromatic N) is 1. The maximum absolute atomic E-state index is 13.7. The number of para-hydroxylation sites is 2. The van der Waals surface area contributed by atoms with Crippen LogP contribution in [0.15, 0.2) is 42.5 Å². The largest absolute Gasteiger partial charge is 0.504 e. The van der Waals surface area contributed by atoms with Gasteiger partial charge < -0.3 is 9.84 Å². The van der Waals surface area contributed by atoms with E-state index in [-0.39, 0.29) is 23.7 Å². The van der Waals surface area contributed by atoms with Crippen LogP contribution in [0.4, 0.5) is 10.1 Å². The summed E-state index contributed by atoms with van der Waals surface area (Å²) >= 11 is 0. The number of hydrogen-bond acceptors (Lipinski definition) is 4. The quantitative estimate of drug-likeness (QED) is 0.679. The molecule has 5 nitrogen and oxygen atoms in total. The average Bonchev–Trinajstić information content (AvgIpc) is 2.39. The summed E-state index contributed by atoms with van der Waals surface area (Å²) in [5.74, 6) is -0.815. The summed E-state index contributed by atoms with van der Waals surface area (Å²) in [5, 5.41) is 20.1. The van der Waals surface area contributed by atoms with Crippen LogP contribution in [0, 0.1) is 15.9 Å². The zero-order valence-electron chi connectivity index (χ0n) is 9.75. The Morgan fingerprint density at radius 2 is 1.95 bits per heavy atom. The Labute approximate surface area is 108 Å². The summed E-state index contributed by atoms with van der Waals surface area (Å²) in [6, 6.07) is 10.1. The Bertz CT molecular complexity index is 615. The van der Waals surface area contributed by atoms with Crippen molar-refractivity contribution in [3.63, 3.8) is 0 Å². The molecule has 0 amide bonds. The maximum atomic E-state index is 13.7. The minimum Gasteiger partial charge on any atom is -0.504 e. The van der Waals surface area contributed by atoms with Crippen molar-refractivity contribution in [3.8, 4) is 11.5 Å². The van der Waals surface area contributed by atoms with Crippen molar-refractivity contribution in [1.82, 2.24) is 0 Å². The molecule has 6 heteroatoms. The molecule has 2 rings (SSSR count). The molecule has 0 bridgehead atoms. The Balaban J connectivity index is 2.19. The number of rotatable bonds is 4. The molecule has 0 spiro atoms. The fourth-order valence-electron chi connectivity index (χ4n) is 1.55. The highest BCUT2D eigenvalue weighted by atomic mass is 19.1. The topological polar surface area (TPSA) is 72.6 Å². The van der Waals surface area contributed by atoms with Crippen molar-refractivity contribution in [2.75, 3.05) is 0 Å². The summed E-state index contributed by atoms with van der Waals surface area (Å²) in [6.07, 6.45) is 0. The average molecular weight is 263 g/mol. The van der Waals surface area contributed by atoms with Gasteiger partial charge in [-0.3, -0.25) is 10.1 Å². The second-order valence-corrected chi connectivity index (χ2v) is 3.76. The smallest absolute Gasteiger partial charge is 0.305 e. The van der Waals surface area contributed by atoms with Crippen LogP contribution in [0.5, 0.6) is 11.5 Å². The number of halogens is 1. The van der Waals surface area contributed by atoms with Crippen molar-refractivity contribution >= 4 is 5.69 Å². The Morgan fingerprint density at radius 3 is 2.63 bits per heavy atom. The first-order valence-corrected chi connectivity index (χ1v) is 5.42. The molecule has 0 aromatic heterocycles. The first kappa shape index (κ1) is 12.8. The molecule has 0 fully saturated rings. The van der Waals surface area contributed by atoms with Gasteiger partial charge in [-0.05, 0) is 12.1 Å². The fraction of sp³-hybridized carbons (Fsp3) is 0.0769. The molecule has 0 aliphatic rings. The monoisotopic (exact) mass is 263 g/mol. The predicted octanol–water partition coefficient (Wildman–Crippen LogP) is 3.02. The van der Waals surface area contributed by atoms with Crippen LogP contribution in [-0.4, -0.2) is 10.0 Å². The van der Waals surface area contributed by atoms with Crippen molar-refractivity contribution in [2.24, 2.45) is 0 Å². The Hall–Kier alpha value is -2.63. The number of nitro benzene ring substituents is 1. The predicted molar refractivity (Wildman–Crippen MR) is 65.5 cm³/mol. The lowest BCUT2D eigenvalue weighted by molar-refractivity contribution is -0.387. The molecule has 0 heterocycles. The van der Waals surface area contributed by atoms with Crippen LogP contribution < -0.4 is 4.74 Å². The normalized spacial score (nSPS) is 10.2. The minimum absolute atomic E-state index is 0.0532. The fourth-order valence-corrected chi connectivity index (χ4v) is 1.55. The van der Waals surface area contributed by atoms with Gasteiger partial charge in [0.15, 0.2) is 11.5 Å². The zero-order chi connectivity index (χ0) is 13.8. The van der Waals surface area contributed by atoms with E-state index in [2.05, 4.69) is 0 Å². The zero-order valence-corrected chi connectivity index (χ0v) is 9.75. The molecule has 0 aliphatic carbocycles. The molecule has 19 heavy (non-hydrogen) atoms. The van der Waals surface area contributed by atoms with E-state index < -0.39 is 16.4 Å². The van der Waals surface area contributed by atoms with Crippen molar-refractivity contribution < 1.29 is 19.2 Å². The number of nitro groups is 1. The van der Waals surface area contributed by atoms with E-state index in [1.807, 2.05) is 0 Å². The summed E-state index contributed by atoms with van der Waals surface area (Å²) in [7, 11) is 0. The molecule has 0 aliphatic heterocycles. The molecule has 1 N–H and O–H groups in total. The van der Waals surface area contributed by atoms with Crippen LogP contribution in [0.25, 0.3) is 0 Å². The number of ether oxygens (including phenoxy) is 1. The molecule has 98 valence electrons. The van der Waals surface area contributed by atoms with E-state index in [9.17, 15) is 19.6 Å². The minimum atomic E-state index is -0.928. The number of phenols is 1. The highest BCUT2D eigenvalue weighted by Crippen LogP contribution is 2.27. The summed E-state index contributed by atoms with van der Waals surface area (Å²) in [5.41, 5.74) is -0.546. The van der Waals surface area contributed by atoms with Crippen LogP contribution in [-0.2, 0) is 6.61 Å². The van der Waals surface area contributed by atoms with Crippen LogP contribution in [0.1, 0.15) is 5.56 Å². The molecule has 0 saturated heterocycles. The third kappa shape index (κ3) is 2.79. The molecular formula is C13H10FNO4. The van der Waals surface area contributed by atoms with E-state index in [4.69, 9.17) is 4.74 Å². The molecule has 0 unspecified atom stereocenters. The lowest BCUT2D eigenvalue weighted by Crippen LogP contribution is -2.01. The van der Waals surface area contributed by atoms with Crippen LogP contribution in [0.3, 0.4) is 0 Å². The van der Waals surface area contributed by atoms with E-state index in [1.165, 1.54) is 24.3 Å². The van der Waals surface area contributed by atoms with Gasteiger partial charge in [0.25, 0.3) is 0 Å². The standard InChI is InChI=1S/C13H10FNO4/c14-13-9(4-3-5-10(13)15(17)18)8-19-12-7-2-1-6-11(12)16/h1-7,16H,8H2. The number of benzene rings is 2. The second-order valence-electron chi connectivity index (χ2n) is 3.76. The number of hydrogen-bond donors (Lipinski definition) is 1. The maximum Gasteiger partial charge on any atom is 0.305 e. The van der Waals surface area contributed by atoms with Gasteiger partial charge in [0.2, 0.25) is 5.82 Å². The summed E-state index contributed by atoms with van der Waals surface area (Å²) in [4.78, 5) is 9.79. The van der Waals surface area contributed by atoms with Gasteiger partial charge in [-0.1, -0.05) is 24.3 Å². The molecule has 0 saturated carbocycles. The summed E-state index contributed by atoms with van der Waals surface area (Å²) in [6.45, 7) is -0.203. The molecular weight excluding hydrogens is 253 g/mol. The van der Waals surface area contributed by atoms with Crippen molar-refractivity contribution in [2.45, 2.75) is 6.61 Å². The molecule has 2 aromatic carbocycles. The molecule has 2 aromatic rings. The number of aromatic hydroxyl groups is 1. The lowest BCUT2D eigenvalue weighted by Gasteiger charge is -2.08. The van der Waals surface area contributed by atoms with E-state index in [1.54, 1.807) is 12.1 Å². The highest BCUT2D eigenvalue weighted by Gasteiger charge is 2.17. The van der Waals surface area contributed by atoms with Crippen LogP contribution in [0.2, 0.25) is 0 Å². The van der Waals surface area contributed by atoms with Gasteiger partial charge in [0.05, 0.1) is 4.92 Å². The molecule has 0 atom stereocenters. The van der Waals surface area contributed by atoms with Gasteiger partial charge in [0, 0.05) is 11.6 Å². The Morgan fingerprint density at radius 1 is 1.21 bits per heavy atom. The highest BCUT2D eigenvalue weighted by molar-refractivity contribution is 5.39. The van der Waals surface area contributed by atoms with E-state index >= 15 is 0 Å². The number of phenolic OH excluding ortho intramolecular Hbond substituents is 1. The lowest BCUT2D eigenvalue weighted by atomic mass is 10.2. The SMILES string of the molecule is O=[N+]([O-])c1cccc(COc2ccccc2O)c1F. The van der Waals surface area contributed by atoms with Crippen molar-refractivity contribution in [1.29, 1.82) is 0 Å². The van der Waals surface area contributed by atoms with Gasteiger partial charge in [-0.25, -0.2) is 0 Å². The third-order valence-corrected chi connectivity index (χ3v) is 2.50. The first-order valence-electron chi connectivity index (χ1n) is 5.42. The van der Waals surface area contributed by atoms with Gasteiger partial charge in [0.1, 0.15) is 6.61 Å². The van der Waals surface area contributed by atoms with Crippen molar-refractivity contribution in [3.05, 3.63) is 64.0 Å². The Kier molecular flexibility index (Phi) is 3.61. The van der Waals surface area contributed by atoms with E-state index in [0.29, 0.717) is 0 Å². The van der Waals surface area contributed by atoms with E-state index in [0.717, 1.165) is 6.07 Å². The summed E-state index contributed by atoms with van der Waals surface area (Å²) < 4.78 is 19.0. The van der Waals surface area contributed by atoms with Gasteiger partial charge in [-0.2, -0.15) is 4.39 Å². The van der Waals surface area contributed by atoms with Gasteiger partial charge in [-0.15, -0.1) is 0 Å². The second kappa shape index (κ2) is 5.34. The third-order valence-electron chi connectivity index (χ3n) is 2.50. The first-order chi connectivity index (χ1) is 9.09.